The van der Waals surface area contributed by atoms with Gasteiger partial charge in [-0.2, -0.15) is 0 Å². The molecule has 138 valence electrons. The SMILES string of the molecule is CCCCCCCCCCc1cc2ccccc2c(S(=O)(=O)[O-])c1C.[Na+]. The van der Waals surface area contributed by atoms with E-state index in [-0.39, 0.29) is 34.5 Å². The Morgan fingerprint density at radius 1 is 0.923 bits per heavy atom. The monoisotopic (exact) mass is 384 g/mol. The first kappa shape index (κ1) is 23.6. The quantitative estimate of drug-likeness (QED) is 0.360. The van der Waals surface area contributed by atoms with Gasteiger partial charge >= 0.3 is 29.6 Å². The second kappa shape index (κ2) is 11.5. The second-order valence-corrected chi connectivity index (χ2v) is 8.21. The van der Waals surface area contributed by atoms with Gasteiger partial charge in [0, 0.05) is 0 Å². The topological polar surface area (TPSA) is 57.2 Å². The maximum atomic E-state index is 11.8. The van der Waals surface area contributed by atoms with Crippen molar-refractivity contribution >= 4 is 20.9 Å². The van der Waals surface area contributed by atoms with Gasteiger partial charge in [-0.3, -0.25) is 0 Å². The summed E-state index contributed by atoms with van der Waals surface area (Å²) < 4.78 is 35.3. The van der Waals surface area contributed by atoms with Crippen LogP contribution >= 0.6 is 0 Å². The predicted molar refractivity (Wildman–Crippen MR) is 103 cm³/mol. The van der Waals surface area contributed by atoms with Crippen LogP contribution in [0.25, 0.3) is 10.8 Å². The first-order valence-corrected chi connectivity index (χ1v) is 10.8. The fourth-order valence-corrected chi connectivity index (χ4v) is 4.47. The van der Waals surface area contributed by atoms with Crippen LogP contribution in [0.1, 0.15) is 69.4 Å². The van der Waals surface area contributed by atoms with Crippen LogP contribution in [0, 0.1) is 6.92 Å². The third kappa shape index (κ3) is 6.65. The molecular weight excluding hydrogens is 355 g/mol. The van der Waals surface area contributed by atoms with E-state index in [9.17, 15) is 13.0 Å². The maximum Gasteiger partial charge on any atom is 1.00 e. The van der Waals surface area contributed by atoms with E-state index in [1.807, 2.05) is 18.2 Å². The smallest absolute Gasteiger partial charge is 0.744 e. The number of unbranched alkanes of at least 4 members (excludes halogenated alkanes) is 7. The molecule has 0 unspecified atom stereocenters. The molecule has 0 amide bonds. The summed E-state index contributed by atoms with van der Waals surface area (Å²) in [5.74, 6) is 0. The summed E-state index contributed by atoms with van der Waals surface area (Å²) in [5.41, 5.74) is 1.61. The van der Waals surface area contributed by atoms with E-state index in [2.05, 4.69) is 6.92 Å². The van der Waals surface area contributed by atoms with Crippen LogP contribution in [-0.2, 0) is 16.5 Å². The van der Waals surface area contributed by atoms with Crippen molar-refractivity contribution in [2.75, 3.05) is 0 Å². The Morgan fingerprint density at radius 3 is 2.12 bits per heavy atom. The molecule has 0 fully saturated rings. The van der Waals surface area contributed by atoms with Gasteiger partial charge < -0.3 is 4.55 Å². The number of fused-ring (bicyclic) bond motifs is 1. The average molecular weight is 385 g/mol. The number of benzene rings is 2. The van der Waals surface area contributed by atoms with Crippen molar-refractivity contribution in [3.05, 3.63) is 41.5 Å². The van der Waals surface area contributed by atoms with Gasteiger partial charge in [0.05, 0.1) is 4.90 Å². The third-order valence-electron chi connectivity index (χ3n) is 4.91. The van der Waals surface area contributed by atoms with Crippen molar-refractivity contribution in [1.29, 1.82) is 0 Å². The molecular formula is C21H29NaO3S. The first-order chi connectivity index (χ1) is 11.9. The molecule has 3 nitrogen and oxygen atoms in total. The van der Waals surface area contributed by atoms with Crippen LogP contribution in [-0.4, -0.2) is 13.0 Å². The van der Waals surface area contributed by atoms with Gasteiger partial charge in [-0.25, -0.2) is 8.42 Å². The number of hydrogen-bond acceptors (Lipinski definition) is 3. The molecule has 0 aliphatic carbocycles. The maximum absolute atomic E-state index is 11.8. The van der Waals surface area contributed by atoms with E-state index < -0.39 is 10.1 Å². The average Bonchev–Trinajstić information content (AvgIpc) is 2.56. The van der Waals surface area contributed by atoms with E-state index in [4.69, 9.17) is 0 Å². The largest absolute Gasteiger partial charge is 1.00 e. The molecule has 5 heteroatoms. The molecule has 2 rings (SSSR count). The van der Waals surface area contributed by atoms with Crippen molar-refractivity contribution in [2.24, 2.45) is 0 Å². The molecule has 0 spiro atoms. The van der Waals surface area contributed by atoms with E-state index >= 15 is 0 Å². The van der Waals surface area contributed by atoms with Crippen molar-refractivity contribution in [1.82, 2.24) is 0 Å². The van der Waals surface area contributed by atoms with Crippen LogP contribution < -0.4 is 29.6 Å². The van der Waals surface area contributed by atoms with E-state index in [0.29, 0.717) is 10.9 Å². The Bertz CT molecular complexity index is 800. The standard InChI is InChI=1S/C21H30O3S.Na/c1-3-4-5-6-7-8-9-10-13-18-16-19-14-11-12-15-20(19)21(17(18)2)25(22,23)24;/h11-12,14-16H,3-10,13H2,1-2H3,(H,22,23,24);/q;+1/p-1. The van der Waals surface area contributed by atoms with Crippen molar-refractivity contribution in [2.45, 2.75) is 76.5 Å². The molecule has 26 heavy (non-hydrogen) atoms. The Balaban J connectivity index is 0.00000338. The fraction of sp³-hybridized carbons (Fsp3) is 0.524. The van der Waals surface area contributed by atoms with Gasteiger partial charge in [0.1, 0.15) is 10.1 Å². The van der Waals surface area contributed by atoms with Crippen LogP contribution in [0.4, 0.5) is 0 Å². The summed E-state index contributed by atoms with van der Waals surface area (Å²) in [7, 11) is -4.48. The molecule has 0 atom stereocenters. The van der Waals surface area contributed by atoms with Crippen LogP contribution in [0.2, 0.25) is 0 Å². The van der Waals surface area contributed by atoms with Crippen molar-refractivity contribution in [3.8, 4) is 0 Å². The number of hydrogen-bond donors (Lipinski definition) is 0. The van der Waals surface area contributed by atoms with Gasteiger partial charge in [-0.05, 0) is 41.7 Å². The Labute approximate surface area is 180 Å². The second-order valence-electron chi connectivity index (χ2n) is 6.89. The van der Waals surface area contributed by atoms with Gasteiger partial charge in [0.15, 0.2) is 0 Å². The number of aryl methyl sites for hydroxylation is 1. The van der Waals surface area contributed by atoms with Gasteiger partial charge in [-0.15, -0.1) is 0 Å². The Kier molecular flexibility index (Phi) is 10.4. The van der Waals surface area contributed by atoms with Crippen LogP contribution in [0.3, 0.4) is 0 Å². The Morgan fingerprint density at radius 2 is 1.50 bits per heavy atom. The summed E-state index contributed by atoms with van der Waals surface area (Å²) in [6.45, 7) is 3.99. The molecule has 0 radical (unpaired) electrons. The summed E-state index contributed by atoms with van der Waals surface area (Å²) in [5, 5.41) is 1.37. The molecule has 2 aromatic carbocycles. The fourth-order valence-electron chi connectivity index (χ4n) is 3.50. The van der Waals surface area contributed by atoms with Crippen LogP contribution in [0.5, 0.6) is 0 Å². The normalized spacial score (nSPS) is 11.5. The van der Waals surface area contributed by atoms with E-state index in [1.165, 1.54) is 38.5 Å². The minimum atomic E-state index is -4.48. The minimum absolute atomic E-state index is 0. The molecule has 0 N–H and O–H groups in total. The van der Waals surface area contributed by atoms with Crippen molar-refractivity contribution in [3.63, 3.8) is 0 Å². The van der Waals surface area contributed by atoms with E-state index in [0.717, 1.165) is 30.2 Å². The zero-order valence-electron chi connectivity index (χ0n) is 16.4. The summed E-state index contributed by atoms with van der Waals surface area (Å²) in [4.78, 5) is -0.0415. The molecule has 2 aromatic rings. The molecule has 0 bridgehead atoms. The van der Waals surface area contributed by atoms with Gasteiger partial charge in [0.25, 0.3) is 0 Å². The van der Waals surface area contributed by atoms with Crippen LogP contribution in [0.15, 0.2) is 35.2 Å². The minimum Gasteiger partial charge on any atom is -0.744 e. The van der Waals surface area contributed by atoms with Gasteiger partial charge in [0.2, 0.25) is 0 Å². The molecule has 0 heterocycles. The zero-order valence-corrected chi connectivity index (χ0v) is 19.2. The van der Waals surface area contributed by atoms with Crippen molar-refractivity contribution < 1.29 is 42.5 Å². The number of rotatable bonds is 10. The third-order valence-corrected chi connectivity index (χ3v) is 5.93. The Hall–Kier alpha value is -0.390. The molecule has 0 aliphatic rings. The summed E-state index contributed by atoms with van der Waals surface area (Å²) in [6.07, 6.45) is 10.7. The zero-order chi connectivity index (χ0) is 18.3. The summed E-state index contributed by atoms with van der Waals surface area (Å²) >= 11 is 0. The summed E-state index contributed by atoms with van der Waals surface area (Å²) in [6, 6.07) is 9.28. The molecule has 0 saturated heterocycles. The van der Waals surface area contributed by atoms with E-state index in [1.54, 1.807) is 19.1 Å². The molecule has 0 saturated carbocycles. The molecule has 0 aliphatic heterocycles. The first-order valence-electron chi connectivity index (χ1n) is 9.42. The predicted octanol–water partition coefficient (Wildman–Crippen LogP) is 2.74. The molecule has 0 aromatic heterocycles. The van der Waals surface area contributed by atoms with Gasteiger partial charge in [-0.1, -0.05) is 82.2 Å².